The van der Waals surface area contributed by atoms with Crippen LogP contribution in [-0.4, -0.2) is 0 Å². The van der Waals surface area contributed by atoms with Crippen LogP contribution in [0, 0.1) is 30.1 Å². The van der Waals surface area contributed by atoms with Crippen molar-refractivity contribution in [1.29, 1.82) is 0 Å². The van der Waals surface area contributed by atoms with Crippen molar-refractivity contribution >= 4 is 0 Å². The maximum atomic E-state index is 5.17. The maximum Gasteiger partial charge on any atom is -0.0159 e. The van der Waals surface area contributed by atoms with Crippen LogP contribution >= 0.6 is 0 Å². The molecule has 2 unspecified atom stereocenters. The van der Waals surface area contributed by atoms with Gasteiger partial charge in [0.05, 0.1) is 0 Å². The van der Waals surface area contributed by atoms with Gasteiger partial charge in [0.25, 0.3) is 0 Å². The highest BCUT2D eigenvalue weighted by atomic mass is 14.2. The summed E-state index contributed by atoms with van der Waals surface area (Å²) < 4.78 is 0. The number of hydrogen-bond acceptors (Lipinski definition) is 0. The molecule has 0 fully saturated rings. The number of hydrogen-bond donors (Lipinski definition) is 0. The molecular weight excluding hydrogens is 144 g/mol. The second-order valence-electron chi connectivity index (χ2n) is 3.70. The Morgan fingerprint density at radius 2 is 1.92 bits per heavy atom. The Balaban J connectivity index is 4.16. The molecule has 0 heterocycles. The van der Waals surface area contributed by atoms with Crippen LogP contribution < -0.4 is 0 Å². The maximum absolute atomic E-state index is 5.17. The molecule has 0 saturated heterocycles. The Hall–Kier alpha value is -0.700. The summed E-state index contributed by atoms with van der Waals surface area (Å²) in [5.41, 5.74) is 0. The third-order valence-corrected chi connectivity index (χ3v) is 2.64. The van der Waals surface area contributed by atoms with Gasteiger partial charge in [0.1, 0.15) is 0 Å². The molecule has 0 rings (SSSR count). The van der Waals surface area contributed by atoms with Gasteiger partial charge in [0.15, 0.2) is 0 Å². The van der Waals surface area contributed by atoms with E-state index < -0.39 is 0 Å². The number of terminal acetylenes is 1. The molecule has 0 N–H and O–H groups in total. The van der Waals surface area contributed by atoms with Gasteiger partial charge >= 0.3 is 0 Å². The third kappa shape index (κ3) is 3.62. The van der Waals surface area contributed by atoms with E-state index in [1.54, 1.807) is 0 Å². The quantitative estimate of drug-likeness (QED) is 0.558. The first-order valence-electron chi connectivity index (χ1n) is 4.76. The van der Waals surface area contributed by atoms with Crippen LogP contribution in [0.5, 0.6) is 0 Å². The van der Waals surface area contributed by atoms with E-state index in [1.165, 1.54) is 6.42 Å². The highest BCUT2D eigenvalue weighted by Gasteiger charge is 2.15. The van der Waals surface area contributed by atoms with E-state index in [9.17, 15) is 0 Å². The predicted octanol–water partition coefficient (Wildman–Crippen LogP) is 3.49. The lowest BCUT2D eigenvalue weighted by molar-refractivity contribution is 0.317. The molecule has 0 aliphatic carbocycles. The van der Waals surface area contributed by atoms with Crippen LogP contribution in [0.2, 0.25) is 0 Å². The van der Waals surface area contributed by atoms with Crippen molar-refractivity contribution < 1.29 is 0 Å². The second kappa shape index (κ2) is 5.89. The van der Waals surface area contributed by atoms with Gasteiger partial charge in [-0.15, -0.1) is 6.42 Å². The Morgan fingerprint density at radius 3 is 2.25 bits per heavy atom. The summed E-state index contributed by atoms with van der Waals surface area (Å²) in [6.45, 7) is 9.03. The monoisotopic (exact) mass is 164 g/mol. The van der Waals surface area contributed by atoms with Crippen LogP contribution in [-0.2, 0) is 0 Å². The zero-order valence-corrected chi connectivity index (χ0v) is 8.67. The minimum Gasteiger partial charge on any atom is -0.115 e. The predicted molar refractivity (Wildman–Crippen MR) is 55.8 cm³/mol. The number of allylic oxidation sites excluding steroid dienone is 2. The molecular formula is C12H20. The first kappa shape index (κ1) is 11.3. The minimum absolute atomic E-state index is 0.640. The molecule has 0 nitrogen and oxygen atoms in total. The van der Waals surface area contributed by atoms with E-state index in [4.69, 9.17) is 6.42 Å². The van der Waals surface area contributed by atoms with Crippen molar-refractivity contribution in [3.8, 4) is 12.3 Å². The molecule has 2 atom stereocenters. The van der Waals surface area contributed by atoms with Gasteiger partial charge in [-0.05, 0) is 30.3 Å². The van der Waals surface area contributed by atoms with Crippen molar-refractivity contribution in [2.45, 2.75) is 34.1 Å². The first-order valence-corrected chi connectivity index (χ1v) is 4.76. The Bertz CT molecular complexity index is 169. The topological polar surface area (TPSA) is 0 Å². The van der Waals surface area contributed by atoms with Crippen molar-refractivity contribution in [3.63, 3.8) is 0 Å². The van der Waals surface area contributed by atoms with Crippen LogP contribution in [0.15, 0.2) is 12.2 Å². The van der Waals surface area contributed by atoms with E-state index in [0.717, 1.165) is 11.8 Å². The molecule has 68 valence electrons. The van der Waals surface area contributed by atoms with Crippen LogP contribution in [0.1, 0.15) is 34.1 Å². The normalized spacial score (nSPS) is 16.3. The van der Waals surface area contributed by atoms with Gasteiger partial charge in [-0.25, -0.2) is 0 Å². The highest BCUT2D eigenvalue weighted by molar-refractivity contribution is 5.10. The largest absolute Gasteiger partial charge is 0.115 e. The van der Waals surface area contributed by atoms with Gasteiger partial charge in [-0.1, -0.05) is 39.7 Å². The minimum atomic E-state index is 0.640. The van der Waals surface area contributed by atoms with Crippen LogP contribution in [0.3, 0.4) is 0 Å². The average Bonchev–Trinajstić information content (AvgIpc) is 2.05. The molecule has 0 aromatic heterocycles. The lowest BCUT2D eigenvalue weighted by Crippen LogP contribution is -2.14. The van der Waals surface area contributed by atoms with Crippen molar-refractivity contribution in [1.82, 2.24) is 0 Å². The van der Waals surface area contributed by atoms with Gasteiger partial charge in [-0.3, -0.25) is 0 Å². The van der Waals surface area contributed by atoms with E-state index in [0.29, 0.717) is 5.92 Å². The third-order valence-electron chi connectivity index (χ3n) is 2.64. The Morgan fingerprint density at radius 1 is 1.33 bits per heavy atom. The summed E-state index contributed by atoms with van der Waals surface area (Å²) in [5.74, 6) is 4.64. The smallest absolute Gasteiger partial charge is 0.0159 e. The summed E-state index contributed by atoms with van der Waals surface area (Å²) in [6, 6.07) is 0. The molecule has 12 heavy (non-hydrogen) atoms. The summed E-state index contributed by atoms with van der Waals surface area (Å²) in [5, 5.41) is 0. The van der Waals surface area contributed by atoms with Crippen molar-refractivity contribution in [3.05, 3.63) is 12.2 Å². The second-order valence-corrected chi connectivity index (χ2v) is 3.70. The molecule has 0 spiro atoms. The molecule has 0 amide bonds. The lowest BCUT2D eigenvalue weighted by atomic mass is 9.83. The summed E-state index contributed by atoms with van der Waals surface area (Å²) in [6.07, 6.45) is 10.3. The van der Waals surface area contributed by atoms with Crippen LogP contribution in [0.25, 0.3) is 0 Å². The first-order chi connectivity index (χ1) is 5.63. The standard InChI is InChI=1S/C12H20/c1-6-8-9-12(7-2)11(5)10(3)4/h1,8-12H,7H2,2-5H3. The fraction of sp³-hybridized carbons (Fsp3) is 0.667. The van der Waals surface area contributed by atoms with E-state index in [2.05, 4.69) is 39.7 Å². The molecule has 0 heteroatoms. The molecule has 0 radical (unpaired) electrons. The molecule has 0 aromatic carbocycles. The number of rotatable bonds is 4. The molecule has 0 saturated carbocycles. The average molecular weight is 164 g/mol. The molecule has 0 bridgehead atoms. The van der Waals surface area contributed by atoms with E-state index >= 15 is 0 Å². The highest BCUT2D eigenvalue weighted by Crippen LogP contribution is 2.23. The summed E-state index contributed by atoms with van der Waals surface area (Å²) in [4.78, 5) is 0. The Labute approximate surface area is 77.1 Å². The Kier molecular flexibility index (Phi) is 5.54. The van der Waals surface area contributed by atoms with E-state index in [-0.39, 0.29) is 0 Å². The molecule has 0 aliphatic rings. The van der Waals surface area contributed by atoms with Gasteiger partial charge in [-0.2, -0.15) is 0 Å². The van der Waals surface area contributed by atoms with E-state index in [1.807, 2.05) is 6.08 Å². The van der Waals surface area contributed by atoms with Crippen molar-refractivity contribution in [2.75, 3.05) is 0 Å². The lowest BCUT2D eigenvalue weighted by Gasteiger charge is -2.22. The van der Waals surface area contributed by atoms with Crippen molar-refractivity contribution in [2.24, 2.45) is 17.8 Å². The van der Waals surface area contributed by atoms with Gasteiger partial charge < -0.3 is 0 Å². The van der Waals surface area contributed by atoms with Gasteiger partial charge in [0.2, 0.25) is 0 Å². The zero-order chi connectivity index (χ0) is 9.56. The fourth-order valence-corrected chi connectivity index (χ4v) is 1.36. The summed E-state index contributed by atoms with van der Waals surface area (Å²) in [7, 11) is 0. The summed E-state index contributed by atoms with van der Waals surface area (Å²) >= 11 is 0. The SMILES string of the molecule is C#CC=CC(CC)C(C)C(C)C. The van der Waals surface area contributed by atoms with Crippen LogP contribution in [0.4, 0.5) is 0 Å². The molecule has 0 aromatic rings. The molecule has 0 aliphatic heterocycles. The zero-order valence-electron chi connectivity index (χ0n) is 8.67. The van der Waals surface area contributed by atoms with Gasteiger partial charge in [0, 0.05) is 0 Å². The fourth-order valence-electron chi connectivity index (χ4n) is 1.36.